The predicted molar refractivity (Wildman–Crippen MR) is 70.9 cm³/mol. The summed E-state index contributed by atoms with van der Waals surface area (Å²) in [5.74, 6) is 1.79. The molecule has 0 aliphatic carbocycles. The van der Waals surface area contributed by atoms with Crippen LogP contribution in [0.3, 0.4) is 0 Å². The third kappa shape index (κ3) is 3.37. The monoisotopic (exact) mass is 237 g/mol. The Kier molecular flexibility index (Phi) is 5.29. The van der Waals surface area contributed by atoms with Crippen molar-refractivity contribution in [1.82, 2.24) is 0 Å². The summed E-state index contributed by atoms with van der Waals surface area (Å²) in [5, 5.41) is 0. The smallest absolute Gasteiger partial charge is 0.128 e. The molecule has 0 amide bonds. The second kappa shape index (κ2) is 6.50. The van der Waals surface area contributed by atoms with Crippen LogP contribution in [-0.4, -0.2) is 20.3 Å². The molecule has 1 aromatic rings. The Bertz CT molecular complexity index is 363. The minimum atomic E-state index is 0.266. The number of ether oxygens (including phenoxy) is 2. The van der Waals surface area contributed by atoms with Gasteiger partial charge in [0.05, 0.1) is 14.2 Å². The Hall–Kier alpha value is -1.22. The summed E-state index contributed by atoms with van der Waals surface area (Å²) in [5.41, 5.74) is 8.20. The van der Waals surface area contributed by atoms with Crippen molar-refractivity contribution in [1.29, 1.82) is 0 Å². The highest BCUT2D eigenvalue weighted by molar-refractivity contribution is 5.49. The van der Waals surface area contributed by atoms with Gasteiger partial charge in [-0.05, 0) is 37.8 Å². The van der Waals surface area contributed by atoms with E-state index < -0.39 is 0 Å². The van der Waals surface area contributed by atoms with E-state index in [9.17, 15) is 0 Å². The van der Waals surface area contributed by atoms with Gasteiger partial charge in [-0.15, -0.1) is 0 Å². The fraction of sp³-hybridized carbons (Fsp3) is 0.571. The highest BCUT2D eigenvalue weighted by Gasteiger charge is 2.11. The first-order valence-electron chi connectivity index (χ1n) is 6.10. The lowest BCUT2D eigenvalue weighted by Crippen LogP contribution is -2.19. The topological polar surface area (TPSA) is 44.5 Å². The Morgan fingerprint density at radius 2 is 1.94 bits per heavy atom. The van der Waals surface area contributed by atoms with E-state index in [1.165, 1.54) is 5.56 Å². The quantitative estimate of drug-likeness (QED) is 0.827. The van der Waals surface area contributed by atoms with Crippen molar-refractivity contribution in [2.24, 2.45) is 5.73 Å². The molecule has 3 nitrogen and oxygen atoms in total. The van der Waals surface area contributed by atoms with Crippen LogP contribution in [0.1, 0.15) is 30.9 Å². The summed E-state index contributed by atoms with van der Waals surface area (Å²) < 4.78 is 10.7. The maximum absolute atomic E-state index is 5.94. The van der Waals surface area contributed by atoms with Gasteiger partial charge in [-0.2, -0.15) is 0 Å². The molecular weight excluding hydrogens is 214 g/mol. The van der Waals surface area contributed by atoms with Crippen molar-refractivity contribution in [3.63, 3.8) is 0 Å². The van der Waals surface area contributed by atoms with E-state index in [2.05, 4.69) is 13.0 Å². The second-order valence-corrected chi connectivity index (χ2v) is 4.29. The predicted octanol–water partition coefficient (Wildman–Crippen LogP) is 2.68. The van der Waals surface area contributed by atoms with Crippen molar-refractivity contribution < 1.29 is 9.47 Å². The van der Waals surface area contributed by atoms with Crippen LogP contribution in [0.2, 0.25) is 0 Å². The van der Waals surface area contributed by atoms with Gasteiger partial charge >= 0.3 is 0 Å². The maximum Gasteiger partial charge on any atom is 0.128 e. The van der Waals surface area contributed by atoms with Crippen molar-refractivity contribution in [3.05, 3.63) is 23.3 Å². The molecule has 0 bridgehead atoms. The third-order valence-electron chi connectivity index (χ3n) is 3.17. The number of hydrogen-bond donors (Lipinski definition) is 1. The molecule has 1 atom stereocenters. The molecule has 3 heteroatoms. The van der Waals surface area contributed by atoms with Crippen LogP contribution in [0, 0.1) is 6.92 Å². The van der Waals surface area contributed by atoms with Crippen LogP contribution < -0.4 is 15.2 Å². The number of hydrogen-bond acceptors (Lipinski definition) is 3. The van der Waals surface area contributed by atoms with Gasteiger partial charge in [0.1, 0.15) is 11.5 Å². The number of aryl methyl sites for hydroxylation is 1. The highest BCUT2D eigenvalue weighted by atomic mass is 16.5. The Morgan fingerprint density at radius 3 is 2.47 bits per heavy atom. The zero-order valence-electron chi connectivity index (χ0n) is 11.2. The summed E-state index contributed by atoms with van der Waals surface area (Å²) >= 11 is 0. The molecule has 1 rings (SSSR count). The van der Waals surface area contributed by atoms with Crippen LogP contribution in [0.15, 0.2) is 12.1 Å². The van der Waals surface area contributed by atoms with Crippen LogP contribution in [0.25, 0.3) is 0 Å². The van der Waals surface area contributed by atoms with Crippen LogP contribution in [0.4, 0.5) is 0 Å². The number of benzene rings is 1. The average Bonchev–Trinajstić information content (AvgIpc) is 2.35. The van der Waals surface area contributed by atoms with Crippen LogP contribution in [-0.2, 0) is 6.42 Å². The van der Waals surface area contributed by atoms with Gasteiger partial charge in [0, 0.05) is 11.6 Å². The second-order valence-electron chi connectivity index (χ2n) is 4.29. The molecular formula is C14H23NO2. The van der Waals surface area contributed by atoms with E-state index in [-0.39, 0.29) is 6.04 Å². The minimum absolute atomic E-state index is 0.266. The first-order valence-corrected chi connectivity index (χ1v) is 6.10. The van der Waals surface area contributed by atoms with Gasteiger partial charge in [0.25, 0.3) is 0 Å². The highest BCUT2D eigenvalue weighted by Crippen LogP contribution is 2.32. The maximum atomic E-state index is 5.94. The van der Waals surface area contributed by atoms with Gasteiger partial charge in [0.15, 0.2) is 0 Å². The van der Waals surface area contributed by atoms with Gasteiger partial charge in [0.2, 0.25) is 0 Å². The lowest BCUT2D eigenvalue weighted by molar-refractivity contribution is 0.384. The molecule has 0 radical (unpaired) electrons. The van der Waals surface area contributed by atoms with Crippen molar-refractivity contribution in [2.75, 3.05) is 14.2 Å². The molecule has 0 aromatic heterocycles. The molecule has 96 valence electrons. The molecule has 1 unspecified atom stereocenters. The Morgan fingerprint density at radius 1 is 1.24 bits per heavy atom. The molecule has 17 heavy (non-hydrogen) atoms. The Balaban J connectivity index is 2.88. The molecule has 0 heterocycles. The van der Waals surface area contributed by atoms with E-state index in [4.69, 9.17) is 15.2 Å². The summed E-state index contributed by atoms with van der Waals surface area (Å²) in [6.45, 7) is 4.13. The molecule has 1 aromatic carbocycles. The molecule has 0 saturated carbocycles. The molecule has 0 aliphatic rings. The van der Waals surface area contributed by atoms with Crippen LogP contribution >= 0.6 is 0 Å². The van der Waals surface area contributed by atoms with E-state index in [0.29, 0.717) is 0 Å². The van der Waals surface area contributed by atoms with Gasteiger partial charge in [-0.3, -0.25) is 0 Å². The van der Waals surface area contributed by atoms with Crippen LogP contribution in [0.5, 0.6) is 11.5 Å². The standard InChI is InChI=1S/C14H23NO2/c1-5-12(15)8-6-11-7-9-13(16-3)10(2)14(11)17-4/h7,9,12H,5-6,8,15H2,1-4H3. The number of nitrogens with two attached hydrogens (primary N) is 1. The molecule has 0 fully saturated rings. The summed E-state index contributed by atoms with van der Waals surface area (Å²) in [6, 6.07) is 4.32. The lowest BCUT2D eigenvalue weighted by Gasteiger charge is -2.15. The molecule has 0 spiro atoms. The number of methoxy groups -OCH3 is 2. The van der Waals surface area contributed by atoms with E-state index in [0.717, 1.165) is 36.3 Å². The van der Waals surface area contributed by atoms with Crippen molar-refractivity contribution in [3.8, 4) is 11.5 Å². The van der Waals surface area contributed by atoms with Gasteiger partial charge in [-0.25, -0.2) is 0 Å². The van der Waals surface area contributed by atoms with Gasteiger partial charge in [-0.1, -0.05) is 13.0 Å². The molecule has 0 saturated heterocycles. The van der Waals surface area contributed by atoms with E-state index in [1.54, 1.807) is 14.2 Å². The zero-order chi connectivity index (χ0) is 12.8. The third-order valence-corrected chi connectivity index (χ3v) is 3.17. The largest absolute Gasteiger partial charge is 0.496 e. The lowest BCUT2D eigenvalue weighted by atomic mass is 10.0. The fourth-order valence-electron chi connectivity index (χ4n) is 1.98. The van der Waals surface area contributed by atoms with E-state index in [1.807, 2.05) is 13.0 Å². The minimum Gasteiger partial charge on any atom is -0.496 e. The summed E-state index contributed by atoms with van der Waals surface area (Å²) in [4.78, 5) is 0. The average molecular weight is 237 g/mol. The first kappa shape index (κ1) is 13.8. The number of rotatable bonds is 6. The van der Waals surface area contributed by atoms with Gasteiger partial charge < -0.3 is 15.2 Å². The first-order chi connectivity index (χ1) is 8.13. The SMILES string of the molecule is CCC(N)CCc1ccc(OC)c(C)c1OC. The summed E-state index contributed by atoms with van der Waals surface area (Å²) in [7, 11) is 3.37. The molecule has 2 N–H and O–H groups in total. The Labute approximate surface area is 104 Å². The zero-order valence-corrected chi connectivity index (χ0v) is 11.2. The normalized spacial score (nSPS) is 12.3. The summed E-state index contributed by atoms with van der Waals surface area (Å²) in [6.07, 6.45) is 2.94. The fourth-order valence-corrected chi connectivity index (χ4v) is 1.98. The van der Waals surface area contributed by atoms with Crippen molar-refractivity contribution >= 4 is 0 Å². The van der Waals surface area contributed by atoms with Crippen molar-refractivity contribution in [2.45, 2.75) is 39.2 Å². The van der Waals surface area contributed by atoms with E-state index >= 15 is 0 Å². The molecule has 0 aliphatic heterocycles.